The summed E-state index contributed by atoms with van der Waals surface area (Å²) in [6, 6.07) is 18.0. The van der Waals surface area contributed by atoms with Crippen molar-refractivity contribution in [1.29, 1.82) is 0 Å². The number of hydrogen-bond acceptors (Lipinski definition) is 7. The zero-order valence-electron chi connectivity index (χ0n) is 18.7. The molecule has 0 aliphatic rings. The molecule has 0 saturated carbocycles. The fraction of sp³-hybridized carbons (Fsp3) is 0.250. The Kier molecular flexibility index (Phi) is 6.68. The van der Waals surface area contributed by atoms with Crippen LogP contribution in [0.5, 0.6) is 17.4 Å². The first kappa shape index (κ1) is 22.1. The van der Waals surface area contributed by atoms with Crippen molar-refractivity contribution < 1.29 is 19.0 Å². The monoisotopic (exact) mass is 447 g/mol. The smallest absolute Gasteiger partial charge is 0.251 e. The lowest BCUT2D eigenvalue weighted by molar-refractivity contribution is 0.0946. The van der Waals surface area contributed by atoms with Crippen LogP contribution in [0.15, 0.2) is 60.7 Å². The average Bonchev–Trinajstić information content (AvgIpc) is 3.25. The molecular weight excluding hydrogens is 422 g/mol. The molecule has 2 aromatic carbocycles. The minimum Gasteiger partial charge on any atom is -0.497 e. The van der Waals surface area contributed by atoms with Gasteiger partial charge in [-0.1, -0.05) is 12.1 Å². The normalized spacial score (nSPS) is 10.9. The molecule has 0 radical (unpaired) electrons. The zero-order chi connectivity index (χ0) is 23.2. The highest BCUT2D eigenvalue weighted by atomic mass is 16.5. The van der Waals surface area contributed by atoms with Gasteiger partial charge in [0.15, 0.2) is 11.5 Å². The van der Waals surface area contributed by atoms with Crippen molar-refractivity contribution in [3.05, 3.63) is 66.2 Å². The zero-order valence-corrected chi connectivity index (χ0v) is 18.7. The maximum atomic E-state index is 12.3. The quantitative estimate of drug-likeness (QED) is 0.393. The summed E-state index contributed by atoms with van der Waals surface area (Å²) in [4.78, 5) is 12.3. The second kappa shape index (κ2) is 9.99. The van der Waals surface area contributed by atoms with E-state index in [0.29, 0.717) is 29.5 Å². The predicted molar refractivity (Wildman–Crippen MR) is 123 cm³/mol. The number of carbonyl (C=O) groups is 1. The van der Waals surface area contributed by atoms with Crippen molar-refractivity contribution in [2.24, 2.45) is 0 Å². The van der Waals surface area contributed by atoms with Gasteiger partial charge in [0.2, 0.25) is 5.88 Å². The van der Waals surface area contributed by atoms with Crippen molar-refractivity contribution >= 4 is 11.6 Å². The minimum atomic E-state index is -0.183. The van der Waals surface area contributed by atoms with Crippen LogP contribution in [0, 0.1) is 0 Å². The standard InChI is InChI=1S/C24H25N5O4/c1-16(2)33-19-9-7-17(8-10-19)24(30)25-13-14-32-22-12-11-21-26-27-23(29(21)28-22)18-5-4-6-20(15-18)31-3/h4-12,15-16H,13-14H2,1-3H3,(H,25,30). The van der Waals surface area contributed by atoms with E-state index in [9.17, 15) is 4.79 Å². The van der Waals surface area contributed by atoms with Crippen LogP contribution in [0.2, 0.25) is 0 Å². The van der Waals surface area contributed by atoms with Crippen LogP contribution < -0.4 is 19.5 Å². The van der Waals surface area contributed by atoms with Gasteiger partial charge in [-0.15, -0.1) is 15.3 Å². The van der Waals surface area contributed by atoms with E-state index < -0.39 is 0 Å². The Hall–Kier alpha value is -4.14. The molecule has 0 spiro atoms. The first-order chi connectivity index (χ1) is 16.0. The molecule has 0 atom stereocenters. The molecule has 0 unspecified atom stereocenters. The van der Waals surface area contributed by atoms with Crippen LogP contribution >= 0.6 is 0 Å². The third kappa shape index (κ3) is 5.38. The highest BCUT2D eigenvalue weighted by Gasteiger charge is 2.12. The molecular formula is C24H25N5O4. The van der Waals surface area contributed by atoms with Crippen molar-refractivity contribution in [1.82, 2.24) is 25.1 Å². The Labute approximate surface area is 191 Å². The molecule has 0 aliphatic carbocycles. The number of carbonyl (C=O) groups excluding carboxylic acids is 1. The summed E-state index contributed by atoms with van der Waals surface area (Å²) >= 11 is 0. The molecule has 1 N–H and O–H groups in total. The number of hydrogen-bond donors (Lipinski definition) is 1. The lowest BCUT2D eigenvalue weighted by atomic mass is 10.2. The fourth-order valence-corrected chi connectivity index (χ4v) is 3.17. The molecule has 2 aromatic heterocycles. The van der Waals surface area contributed by atoms with Crippen LogP contribution in [0.3, 0.4) is 0 Å². The summed E-state index contributed by atoms with van der Waals surface area (Å²) < 4.78 is 18.2. The molecule has 0 aliphatic heterocycles. The lowest BCUT2D eigenvalue weighted by Crippen LogP contribution is -2.28. The maximum Gasteiger partial charge on any atom is 0.251 e. The van der Waals surface area contributed by atoms with Gasteiger partial charge in [-0.25, -0.2) is 0 Å². The summed E-state index contributed by atoms with van der Waals surface area (Å²) in [5.74, 6) is 2.24. The molecule has 0 bridgehead atoms. The lowest BCUT2D eigenvalue weighted by Gasteiger charge is -2.10. The number of nitrogens with one attached hydrogen (secondary N) is 1. The van der Waals surface area contributed by atoms with E-state index in [2.05, 4.69) is 20.6 Å². The number of methoxy groups -OCH3 is 1. The maximum absolute atomic E-state index is 12.3. The van der Waals surface area contributed by atoms with Crippen LogP contribution in [-0.4, -0.2) is 52.1 Å². The van der Waals surface area contributed by atoms with Gasteiger partial charge in [-0.2, -0.15) is 4.52 Å². The van der Waals surface area contributed by atoms with Gasteiger partial charge in [0, 0.05) is 17.2 Å². The van der Waals surface area contributed by atoms with Gasteiger partial charge < -0.3 is 19.5 Å². The van der Waals surface area contributed by atoms with Crippen molar-refractivity contribution in [3.63, 3.8) is 0 Å². The second-order valence-electron chi connectivity index (χ2n) is 7.49. The number of fused-ring (bicyclic) bond motifs is 1. The topological polar surface area (TPSA) is 99.9 Å². The van der Waals surface area contributed by atoms with Gasteiger partial charge in [0.25, 0.3) is 5.91 Å². The Balaban J connectivity index is 1.35. The summed E-state index contributed by atoms with van der Waals surface area (Å²) in [6.07, 6.45) is 0.0827. The molecule has 9 heteroatoms. The third-order valence-corrected chi connectivity index (χ3v) is 4.69. The average molecular weight is 447 g/mol. The third-order valence-electron chi connectivity index (χ3n) is 4.69. The fourth-order valence-electron chi connectivity index (χ4n) is 3.17. The molecule has 9 nitrogen and oxygen atoms in total. The number of rotatable bonds is 9. The highest BCUT2D eigenvalue weighted by Crippen LogP contribution is 2.23. The van der Waals surface area contributed by atoms with E-state index in [1.807, 2.05) is 38.1 Å². The number of ether oxygens (including phenoxy) is 3. The first-order valence-corrected chi connectivity index (χ1v) is 10.6. The number of amides is 1. The van der Waals surface area contributed by atoms with Crippen LogP contribution in [0.4, 0.5) is 0 Å². The number of benzene rings is 2. The van der Waals surface area contributed by atoms with Gasteiger partial charge in [-0.3, -0.25) is 4.79 Å². The molecule has 2 heterocycles. The Morgan fingerprint density at radius 3 is 2.61 bits per heavy atom. The van der Waals surface area contributed by atoms with Crippen LogP contribution in [0.25, 0.3) is 17.0 Å². The molecule has 33 heavy (non-hydrogen) atoms. The summed E-state index contributed by atoms with van der Waals surface area (Å²) in [5.41, 5.74) is 1.97. The van der Waals surface area contributed by atoms with E-state index in [4.69, 9.17) is 14.2 Å². The molecule has 0 fully saturated rings. The summed E-state index contributed by atoms with van der Waals surface area (Å²) in [5, 5.41) is 15.7. The first-order valence-electron chi connectivity index (χ1n) is 10.6. The van der Waals surface area contributed by atoms with Crippen LogP contribution in [0.1, 0.15) is 24.2 Å². The van der Waals surface area contributed by atoms with E-state index in [1.165, 1.54) is 0 Å². The molecule has 0 saturated heterocycles. The SMILES string of the molecule is COc1cccc(-c2nnc3ccc(OCCNC(=O)c4ccc(OC(C)C)cc4)nn23)c1. The molecule has 4 aromatic rings. The molecule has 1 amide bonds. The Morgan fingerprint density at radius 2 is 1.85 bits per heavy atom. The van der Waals surface area contributed by atoms with Crippen molar-refractivity contribution in [2.45, 2.75) is 20.0 Å². The molecule has 170 valence electrons. The van der Waals surface area contributed by atoms with Gasteiger partial charge >= 0.3 is 0 Å². The largest absolute Gasteiger partial charge is 0.497 e. The summed E-state index contributed by atoms with van der Waals surface area (Å²) in [7, 11) is 1.61. The van der Waals surface area contributed by atoms with Crippen molar-refractivity contribution in [2.75, 3.05) is 20.3 Å². The number of nitrogens with zero attached hydrogens (tertiary/aromatic N) is 4. The van der Waals surface area contributed by atoms with Gasteiger partial charge in [0.1, 0.15) is 18.1 Å². The summed E-state index contributed by atoms with van der Waals surface area (Å²) in [6.45, 7) is 4.50. The van der Waals surface area contributed by atoms with Crippen LogP contribution in [-0.2, 0) is 0 Å². The molecule has 4 rings (SSSR count). The highest BCUT2D eigenvalue weighted by molar-refractivity contribution is 5.94. The Bertz CT molecular complexity index is 1240. The number of aromatic nitrogens is 4. The predicted octanol–water partition coefficient (Wildman–Crippen LogP) is 3.40. The van der Waals surface area contributed by atoms with Gasteiger partial charge in [0.05, 0.1) is 19.8 Å². The van der Waals surface area contributed by atoms with E-state index >= 15 is 0 Å². The van der Waals surface area contributed by atoms with Gasteiger partial charge in [-0.05, 0) is 56.3 Å². The van der Waals surface area contributed by atoms with E-state index in [1.54, 1.807) is 48.0 Å². The van der Waals surface area contributed by atoms with E-state index in [0.717, 1.165) is 17.1 Å². The second-order valence-corrected chi connectivity index (χ2v) is 7.49. The minimum absolute atomic E-state index is 0.0827. The Morgan fingerprint density at radius 1 is 1.03 bits per heavy atom. The van der Waals surface area contributed by atoms with Crippen molar-refractivity contribution in [3.8, 4) is 28.8 Å². The van der Waals surface area contributed by atoms with E-state index in [-0.39, 0.29) is 18.6 Å².